The highest BCUT2D eigenvalue weighted by molar-refractivity contribution is 7.11. The second-order valence-corrected chi connectivity index (χ2v) is 8.20. The summed E-state index contributed by atoms with van der Waals surface area (Å²) in [6.45, 7) is 6.20. The van der Waals surface area contributed by atoms with Gasteiger partial charge in [-0.25, -0.2) is 9.97 Å². The normalized spacial score (nSPS) is 24.8. The zero-order valence-corrected chi connectivity index (χ0v) is 15.6. The summed E-state index contributed by atoms with van der Waals surface area (Å²) in [5.74, 6) is -0.0740. The molecule has 0 N–H and O–H groups in total. The van der Waals surface area contributed by atoms with Crippen LogP contribution in [0.4, 0.5) is 5.69 Å². The molecule has 2 saturated heterocycles. The number of rotatable bonds is 3. The molecule has 0 aromatic carbocycles. The SMILES string of the molecule is Cc1ccc(CN2CCOCC3(C2)CN(c2cncnc2)C(=O)CO3)s1. The molecule has 1 amide bonds. The van der Waals surface area contributed by atoms with Crippen LogP contribution in [-0.4, -0.2) is 65.8 Å². The maximum absolute atomic E-state index is 12.4. The number of aromatic nitrogens is 2. The first-order valence-electron chi connectivity index (χ1n) is 8.68. The minimum atomic E-state index is -0.535. The van der Waals surface area contributed by atoms with Crippen LogP contribution in [0, 0.1) is 6.92 Å². The van der Waals surface area contributed by atoms with Gasteiger partial charge in [-0.2, -0.15) is 0 Å². The molecule has 2 aliphatic rings. The number of aryl methyl sites for hydroxylation is 1. The Kier molecular flexibility index (Phi) is 4.99. The van der Waals surface area contributed by atoms with Crippen molar-refractivity contribution in [1.29, 1.82) is 0 Å². The van der Waals surface area contributed by atoms with Gasteiger partial charge in [-0.15, -0.1) is 11.3 Å². The molecule has 0 aliphatic carbocycles. The topological polar surface area (TPSA) is 67.8 Å². The summed E-state index contributed by atoms with van der Waals surface area (Å²) >= 11 is 1.82. The molecule has 4 heterocycles. The molecule has 138 valence electrons. The molecule has 2 aromatic heterocycles. The Morgan fingerprint density at radius 3 is 2.88 bits per heavy atom. The van der Waals surface area contributed by atoms with E-state index in [1.54, 1.807) is 17.3 Å². The fourth-order valence-corrected chi connectivity index (χ4v) is 4.41. The third-order valence-corrected chi connectivity index (χ3v) is 5.70. The summed E-state index contributed by atoms with van der Waals surface area (Å²) in [4.78, 5) is 27.2. The highest BCUT2D eigenvalue weighted by Crippen LogP contribution is 2.27. The minimum absolute atomic E-state index is 0.0458. The maximum Gasteiger partial charge on any atom is 0.253 e. The standard InChI is InChI=1S/C18H22N4O3S/c1-14-2-3-16(26-14)8-21-4-5-24-12-18(10-21)11-22(17(23)9-25-18)15-6-19-13-20-7-15/h2-3,6-7,13H,4-5,8-12H2,1H3. The minimum Gasteiger partial charge on any atom is -0.377 e. The lowest BCUT2D eigenvalue weighted by Crippen LogP contribution is -2.60. The van der Waals surface area contributed by atoms with Gasteiger partial charge in [0.15, 0.2) is 0 Å². The Bertz CT molecular complexity index is 769. The molecule has 0 saturated carbocycles. The van der Waals surface area contributed by atoms with Gasteiger partial charge >= 0.3 is 0 Å². The highest BCUT2D eigenvalue weighted by Gasteiger charge is 2.43. The molecule has 1 unspecified atom stereocenters. The number of carbonyl (C=O) groups excluding carboxylic acids is 1. The molecule has 0 radical (unpaired) electrons. The zero-order chi connectivity index (χ0) is 18.0. The Labute approximate surface area is 156 Å². The summed E-state index contributed by atoms with van der Waals surface area (Å²) < 4.78 is 11.9. The lowest BCUT2D eigenvalue weighted by molar-refractivity contribution is -0.146. The summed E-state index contributed by atoms with van der Waals surface area (Å²) in [6, 6.07) is 4.33. The molecule has 1 atom stereocenters. The van der Waals surface area contributed by atoms with Gasteiger partial charge in [-0.05, 0) is 19.1 Å². The van der Waals surface area contributed by atoms with Crippen LogP contribution in [-0.2, 0) is 20.8 Å². The number of thiophene rings is 1. The lowest BCUT2D eigenvalue weighted by atomic mass is 10.0. The van der Waals surface area contributed by atoms with Crippen molar-refractivity contribution < 1.29 is 14.3 Å². The number of hydrogen-bond donors (Lipinski definition) is 0. The number of ether oxygens (including phenoxy) is 2. The van der Waals surface area contributed by atoms with E-state index in [2.05, 4.69) is 33.9 Å². The van der Waals surface area contributed by atoms with E-state index < -0.39 is 5.60 Å². The van der Waals surface area contributed by atoms with E-state index in [4.69, 9.17) is 9.47 Å². The molecular weight excluding hydrogens is 352 g/mol. The predicted molar refractivity (Wildman–Crippen MR) is 98.2 cm³/mol. The molecule has 0 bridgehead atoms. The first kappa shape index (κ1) is 17.5. The highest BCUT2D eigenvalue weighted by atomic mass is 32.1. The second kappa shape index (κ2) is 7.40. The van der Waals surface area contributed by atoms with Crippen LogP contribution in [0.5, 0.6) is 0 Å². The average molecular weight is 374 g/mol. The van der Waals surface area contributed by atoms with Crippen molar-refractivity contribution in [2.75, 3.05) is 44.4 Å². The Morgan fingerprint density at radius 2 is 2.12 bits per heavy atom. The maximum atomic E-state index is 12.4. The van der Waals surface area contributed by atoms with Crippen LogP contribution < -0.4 is 4.90 Å². The van der Waals surface area contributed by atoms with Crippen LogP contribution >= 0.6 is 11.3 Å². The molecule has 7 nitrogen and oxygen atoms in total. The van der Waals surface area contributed by atoms with E-state index in [1.807, 2.05) is 11.3 Å². The number of morpholine rings is 1. The summed E-state index contributed by atoms with van der Waals surface area (Å²) in [5.41, 5.74) is 0.164. The molecule has 2 aliphatic heterocycles. The molecule has 4 rings (SSSR count). The first-order chi connectivity index (χ1) is 12.6. The van der Waals surface area contributed by atoms with Crippen molar-refractivity contribution in [3.8, 4) is 0 Å². The lowest BCUT2D eigenvalue weighted by Gasteiger charge is -2.42. The van der Waals surface area contributed by atoms with Crippen molar-refractivity contribution in [3.05, 3.63) is 40.6 Å². The van der Waals surface area contributed by atoms with Gasteiger partial charge in [0.25, 0.3) is 5.91 Å². The molecule has 2 fully saturated rings. The van der Waals surface area contributed by atoms with Crippen molar-refractivity contribution in [3.63, 3.8) is 0 Å². The van der Waals surface area contributed by atoms with Gasteiger partial charge in [-0.1, -0.05) is 0 Å². The summed E-state index contributed by atoms with van der Waals surface area (Å²) in [6.07, 6.45) is 4.78. The third kappa shape index (κ3) is 3.78. The van der Waals surface area contributed by atoms with E-state index in [0.717, 1.165) is 19.6 Å². The Balaban J connectivity index is 1.52. The van der Waals surface area contributed by atoms with Crippen LogP contribution in [0.2, 0.25) is 0 Å². The molecule has 26 heavy (non-hydrogen) atoms. The van der Waals surface area contributed by atoms with Gasteiger partial charge in [-0.3, -0.25) is 9.69 Å². The fourth-order valence-electron chi connectivity index (χ4n) is 3.47. The molecular formula is C18H22N4O3S. The largest absolute Gasteiger partial charge is 0.377 e. The van der Waals surface area contributed by atoms with Gasteiger partial charge in [0.1, 0.15) is 18.5 Å². The second-order valence-electron chi connectivity index (χ2n) is 6.82. The Morgan fingerprint density at radius 1 is 1.27 bits per heavy atom. The van der Waals surface area contributed by atoms with Gasteiger partial charge in [0.2, 0.25) is 0 Å². The van der Waals surface area contributed by atoms with E-state index in [9.17, 15) is 4.79 Å². The Hall–Kier alpha value is -1.87. The molecule has 8 heteroatoms. The predicted octanol–water partition coefficient (Wildman–Crippen LogP) is 1.48. The van der Waals surface area contributed by atoms with Crippen LogP contribution in [0.25, 0.3) is 0 Å². The van der Waals surface area contributed by atoms with Gasteiger partial charge in [0, 0.05) is 29.4 Å². The van der Waals surface area contributed by atoms with E-state index >= 15 is 0 Å². The van der Waals surface area contributed by atoms with Crippen molar-refractivity contribution in [2.24, 2.45) is 0 Å². The van der Waals surface area contributed by atoms with E-state index in [1.165, 1.54) is 16.1 Å². The van der Waals surface area contributed by atoms with Crippen LogP contribution in [0.1, 0.15) is 9.75 Å². The first-order valence-corrected chi connectivity index (χ1v) is 9.50. The number of anilines is 1. The molecule has 2 aromatic rings. The summed E-state index contributed by atoms with van der Waals surface area (Å²) in [7, 11) is 0. The van der Waals surface area contributed by atoms with Crippen LogP contribution in [0.3, 0.4) is 0 Å². The number of amides is 1. The quantitative estimate of drug-likeness (QED) is 0.811. The van der Waals surface area contributed by atoms with E-state index in [0.29, 0.717) is 25.4 Å². The van der Waals surface area contributed by atoms with Gasteiger partial charge < -0.3 is 14.4 Å². The van der Waals surface area contributed by atoms with Crippen molar-refractivity contribution in [2.45, 2.75) is 19.1 Å². The van der Waals surface area contributed by atoms with Crippen molar-refractivity contribution >= 4 is 22.9 Å². The number of nitrogens with zero attached hydrogens (tertiary/aromatic N) is 4. The fraction of sp³-hybridized carbons (Fsp3) is 0.500. The average Bonchev–Trinajstić information content (AvgIpc) is 2.95. The smallest absolute Gasteiger partial charge is 0.253 e. The van der Waals surface area contributed by atoms with Crippen LogP contribution in [0.15, 0.2) is 30.9 Å². The summed E-state index contributed by atoms with van der Waals surface area (Å²) in [5, 5.41) is 0. The number of carbonyl (C=O) groups is 1. The molecule has 1 spiro atoms. The van der Waals surface area contributed by atoms with E-state index in [-0.39, 0.29) is 12.5 Å². The number of hydrogen-bond acceptors (Lipinski definition) is 7. The van der Waals surface area contributed by atoms with Crippen molar-refractivity contribution in [1.82, 2.24) is 14.9 Å². The zero-order valence-electron chi connectivity index (χ0n) is 14.8. The third-order valence-electron chi connectivity index (χ3n) is 4.71. The monoisotopic (exact) mass is 374 g/mol. The van der Waals surface area contributed by atoms with Gasteiger partial charge in [0.05, 0.1) is 37.8 Å².